The summed E-state index contributed by atoms with van der Waals surface area (Å²) in [6.07, 6.45) is 0.501. The molecule has 1 aromatic heterocycles. The van der Waals surface area contributed by atoms with Crippen molar-refractivity contribution in [3.63, 3.8) is 0 Å². The number of anilines is 1. The second-order valence-electron chi connectivity index (χ2n) is 6.56. The van der Waals surface area contributed by atoms with E-state index in [0.29, 0.717) is 22.2 Å². The number of hydrogen-bond acceptors (Lipinski definition) is 5. The predicted octanol–water partition coefficient (Wildman–Crippen LogP) is 4.29. The summed E-state index contributed by atoms with van der Waals surface area (Å²) in [5.74, 6) is 0.647. The van der Waals surface area contributed by atoms with Crippen LogP contribution in [0.15, 0.2) is 28.5 Å². The Labute approximate surface area is 163 Å². The summed E-state index contributed by atoms with van der Waals surface area (Å²) < 4.78 is 34.9. The molecule has 0 radical (unpaired) electrons. The van der Waals surface area contributed by atoms with Crippen LogP contribution >= 0.6 is 35.3 Å². The van der Waals surface area contributed by atoms with Gasteiger partial charge in [-0.3, -0.25) is 0 Å². The van der Waals surface area contributed by atoms with Crippen molar-refractivity contribution in [3.05, 3.63) is 39.7 Å². The van der Waals surface area contributed by atoms with Gasteiger partial charge in [-0.1, -0.05) is 11.6 Å². The van der Waals surface area contributed by atoms with Gasteiger partial charge in [0.2, 0.25) is 0 Å². The summed E-state index contributed by atoms with van der Waals surface area (Å²) >= 11 is 7.07. The van der Waals surface area contributed by atoms with Crippen LogP contribution in [0.4, 0.5) is 5.69 Å². The van der Waals surface area contributed by atoms with Gasteiger partial charge in [0, 0.05) is 17.7 Å². The Bertz CT molecular complexity index is 875. The van der Waals surface area contributed by atoms with E-state index in [4.69, 9.17) is 22.1 Å². The number of nitrogens with two attached hydrogens (primary N) is 1. The van der Waals surface area contributed by atoms with Gasteiger partial charge in [0.05, 0.1) is 10.4 Å². The second kappa shape index (κ2) is 6.96. The summed E-state index contributed by atoms with van der Waals surface area (Å²) in [7, 11) is -3.68. The first kappa shape index (κ1) is 20.3. The highest BCUT2D eigenvalue weighted by Gasteiger charge is 2.36. The zero-order valence-electron chi connectivity index (χ0n) is 14.0. The van der Waals surface area contributed by atoms with Crippen LogP contribution < -0.4 is 15.2 Å². The number of thiophene rings is 1. The predicted molar refractivity (Wildman–Crippen MR) is 105 cm³/mol. The SMILES string of the molecule is Cc1cc(S(=O)(=O)NC2CC(C)(C)Oc3ccc(N)cc32)sc1Cl.Cl. The summed E-state index contributed by atoms with van der Waals surface area (Å²) in [4.78, 5) is 0. The molecule has 0 amide bonds. The minimum Gasteiger partial charge on any atom is -0.487 e. The maximum Gasteiger partial charge on any atom is 0.250 e. The van der Waals surface area contributed by atoms with Crippen LogP contribution in [-0.2, 0) is 10.0 Å². The maximum absolute atomic E-state index is 12.7. The van der Waals surface area contributed by atoms with Gasteiger partial charge < -0.3 is 10.5 Å². The van der Waals surface area contributed by atoms with Crippen molar-refractivity contribution in [3.8, 4) is 5.75 Å². The molecule has 0 fully saturated rings. The molecule has 1 aliphatic rings. The molecular formula is C16H20Cl2N2O3S2. The van der Waals surface area contributed by atoms with Gasteiger partial charge in [0.15, 0.2) is 0 Å². The zero-order chi connectivity index (χ0) is 17.7. The van der Waals surface area contributed by atoms with Gasteiger partial charge >= 0.3 is 0 Å². The Morgan fingerprint density at radius 2 is 2.04 bits per heavy atom. The molecule has 9 heteroatoms. The van der Waals surface area contributed by atoms with Crippen molar-refractivity contribution in [2.45, 2.75) is 43.0 Å². The van der Waals surface area contributed by atoms with E-state index >= 15 is 0 Å². The fourth-order valence-corrected chi connectivity index (χ4v) is 5.73. The molecular weight excluding hydrogens is 403 g/mol. The van der Waals surface area contributed by atoms with Crippen molar-refractivity contribution in [1.29, 1.82) is 0 Å². The zero-order valence-corrected chi connectivity index (χ0v) is 17.2. The number of ether oxygens (including phenoxy) is 1. The van der Waals surface area contributed by atoms with Crippen molar-refractivity contribution in [2.75, 3.05) is 5.73 Å². The third-order valence-electron chi connectivity index (χ3n) is 3.89. The molecule has 3 rings (SSSR count). The lowest BCUT2D eigenvalue weighted by Gasteiger charge is -2.37. The van der Waals surface area contributed by atoms with Crippen molar-refractivity contribution < 1.29 is 13.2 Å². The normalized spacial score (nSPS) is 18.8. The lowest BCUT2D eigenvalue weighted by atomic mass is 9.90. The van der Waals surface area contributed by atoms with Gasteiger partial charge in [0.1, 0.15) is 15.6 Å². The van der Waals surface area contributed by atoms with Crippen molar-refractivity contribution >= 4 is 51.1 Å². The molecule has 2 heterocycles. The molecule has 1 unspecified atom stereocenters. The minimum absolute atomic E-state index is 0. The molecule has 0 spiro atoms. The molecule has 3 N–H and O–H groups in total. The average molecular weight is 423 g/mol. The lowest BCUT2D eigenvalue weighted by Crippen LogP contribution is -2.41. The molecule has 1 aromatic carbocycles. The Hall–Kier alpha value is -0.990. The summed E-state index contributed by atoms with van der Waals surface area (Å²) in [6.45, 7) is 5.64. The number of fused-ring (bicyclic) bond motifs is 1. The number of aryl methyl sites for hydroxylation is 1. The number of halogens is 2. The minimum atomic E-state index is -3.68. The third kappa shape index (κ3) is 4.23. The van der Waals surface area contributed by atoms with Crippen molar-refractivity contribution in [2.24, 2.45) is 0 Å². The largest absolute Gasteiger partial charge is 0.487 e. The Morgan fingerprint density at radius 1 is 1.36 bits per heavy atom. The first-order chi connectivity index (χ1) is 11.1. The van der Waals surface area contributed by atoms with Gasteiger partial charge in [-0.25, -0.2) is 13.1 Å². The molecule has 1 aliphatic heterocycles. The fraction of sp³-hybridized carbons (Fsp3) is 0.375. The molecule has 0 saturated carbocycles. The molecule has 2 aromatic rings. The Balaban J connectivity index is 0.00000225. The number of sulfonamides is 1. The standard InChI is InChI=1S/C16H19ClN2O3S2.ClH/c1-9-6-14(23-15(9)17)24(20,21)19-12-8-16(2,3)22-13-5-4-10(18)7-11(12)13;/h4-7,12,19H,8,18H2,1-3H3;1H. The summed E-state index contributed by atoms with van der Waals surface area (Å²) in [6, 6.07) is 6.44. The highest BCUT2D eigenvalue weighted by Crippen LogP contribution is 2.41. The summed E-state index contributed by atoms with van der Waals surface area (Å²) in [5, 5.41) is 0. The molecule has 0 saturated heterocycles. The van der Waals surface area contributed by atoms with E-state index in [9.17, 15) is 8.42 Å². The quantitative estimate of drug-likeness (QED) is 0.722. The van der Waals surface area contributed by atoms with E-state index in [1.165, 1.54) is 0 Å². The third-order valence-corrected chi connectivity index (χ3v) is 7.39. The first-order valence-electron chi connectivity index (χ1n) is 7.44. The highest BCUT2D eigenvalue weighted by molar-refractivity contribution is 7.91. The molecule has 25 heavy (non-hydrogen) atoms. The van der Waals surface area contributed by atoms with E-state index in [-0.39, 0.29) is 16.6 Å². The van der Waals surface area contributed by atoms with Crippen LogP contribution in [0.1, 0.15) is 37.4 Å². The van der Waals surface area contributed by atoms with Gasteiger partial charge in [-0.05, 0) is 50.6 Å². The number of nitrogens with one attached hydrogen (secondary N) is 1. The van der Waals surface area contributed by atoms with Crippen LogP contribution in [0.25, 0.3) is 0 Å². The number of nitrogen functional groups attached to an aromatic ring is 1. The fourth-order valence-electron chi connectivity index (χ4n) is 2.79. The van der Waals surface area contributed by atoms with Crippen LogP contribution in [-0.4, -0.2) is 14.0 Å². The van der Waals surface area contributed by atoms with E-state index < -0.39 is 21.7 Å². The van der Waals surface area contributed by atoms with Crippen LogP contribution in [0.3, 0.4) is 0 Å². The van der Waals surface area contributed by atoms with Crippen LogP contribution in [0.2, 0.25) is 4.34 Å². The molecule has 0 bridgehead atoms. The lowest BCUT2D eigenvalue weighted by molar-refractivity contribution is 0.0702. The Kier molecular flexibility index (Phi) is 5.66. The van der Waals surface area contributed by atoms with E-state index in [1.807, 2.05) is 13.8 Å². The highest BCUT2D eigenvalue weighted by atomic mass is 35.5. The first-order valence-corrected chi connectivity index (χ1v) is 10.1. The van der Waals surface area contributed by atoms with Gasteiger partial charge in [-0.15, -0.1) is 23.7 Å². The van der Waals surface area contributed by atoms with E-state index in [1.54, 1.807) is 31.2 Å². The van der Waals surface area contributed by atoms with Crippen LogP contribution in [0.5, 0.6) is 5.75 Å². The molecule has 138 valence electrons. The van der Waals surface area contributed by atoms with E-state index in [0.717, 1.165) is 22.5 Å². The smallest absolute Gasteiger partial charge is 0.250 e. The topological polar surface area (TPSA) is 81.4 Å². The maximum atomic E-state index is 12.7. The van der Waals surface area contributed by atoms with Gasteiger partial charge in [-0.2, -0.15) is 0 Å². The molecule has 1 atom stereocenters. The van der Waals surface area contributed by atoms with Crippen LogP contribution in [0, 0.1) is 6.92 Å². The summed E-state index contributed by atoms with van der Waals surface area (Å²) in [5.41, 5.74) is 7.44. The molecule has 0 aliphatic carbocycles. The monoisotopic (exact) mass is 422 g/mol. The average Bonchev–Trinajstić information content (AvgIpc) is 2.79. The number of rotatable bonds is 3. The second-order valence-corrected chi connectivity index (χ2v) is 10.2. The van der Waals surface area contributed by atoms with Crippen molar-refractivity contribution in [1.82, 2.24) is 4.72 Å². The number of hydrogen-bond donors (Lipinski definition) is 2. The number of benzene rings is 1. The Morgan fingerprint density at radius 3 is 2.64 bits per heavy atom. The van der Waals surface area contributed by atoms with Gasteiger partial charge in [0.25, 0.3) is 10.0 Å². The van der Waals surface area contributed by atoms with E-state index in [2.05, 4.69) is 4.72 Å². The molecule has 5 nitrogen and oxygen atoms in total.